The summed E-state index contributed by atoms with van der Waals surface area (Å²) in [6.07, 6.45) is 3.68. The molecular formula is C84H112ClN17O16. The number of nitrogens with zero attached hydrogens (tertiary/aromatic N) is 2. The molecule has 1 aliphatic rings. The molecule has 10 atom stereocenters. The summed E-state index contributed by atoms with van der Waals surface area (Å²) < 4.78 is 10.8. The van der Waals surface area contributed by atoms with E-state index in [1.165, 1.54) is 55.4 Å². The van der Waals surface area contributed by atoms with E-state index >= 15 is 19.2 Å². The smallest absolute Gasteiger partial charge is 0.319 e. The second-order valence-electron chi connectivity index (χ2n) is 29.7. The Morgan fingerprint density at radius 2 is 1.02 bits per heavy atom. The second kappa shape index (κ2) is 48.2. The highest BCUT2D eigenvalue weighted by molar-refractivity contribution is 6.30. The molecule has 1 saturated heterocycles. The maximum atomic E-state index is 15.5. The Kier molecular flexibility index (Phi) is 38.2. The van der Waals surface area contributed by atoms with E-state index in [0.717, 1.165) is 10.8 Å². The van der Waals surface area contributed by atoms with Crippen molar-refractivity contribution in [1.29, 1.82) is 0 Å². The minimum atomic E-state index is -1.89. The Morgan fingerprint density at radius 3 is 1.54 bits per heavy atom. The first-order valence-corrected chi connectivity index (χ1v) is 40.0. The van der Waals surface area contributed by atoms with Gasteiger partial charge in [0.25, 0.3) is 0 Å². The Balaban J connectivity index is 1.20. The van der Waals surface area contributed by atoms with Crippen LogP contribution < -0.4 is 80.6 Å². The third kappa shape index (κ3) is 31.8. The largest absolute Gasteiger partial charge is 0.394 e. The highest BCUT2D eigenvalue weighted by Gasteiger charge is 2.41. The summed E-state index contributed by atoms with van der Waals surface area (Å²) >= 11 is 6.28. The molecule has 0 radical (unpaired) electrons. The van der Waals surface area contributed by atoms with Crippen LogP contribution in [-0.2, 0) is 94.3 Å². The van der Waals surface area contributed by atoms with Gasteiger partial charge in [0.15, 0.2) is 0 Å². The van der Waals surface area contributed by atoms with Gasteiger partial charge in [-0.3, -0.25) is 57.7 Å². The van der Waals surface area contributed by atoms with E-state index in [1.807, 2.05) is 63.2 Å². The van der Waals surface area contributed by atoms with Crippen molar-refractivity contribution in [3.63, 3.8) is 0 Å². The van der Waals surface area contributed by atoms with E-state index < -0.39 is 144 Å². The molecule has 1 fully saturated rings. The molecule has 18 N–H and O–H groups in total. The first kappa shape index (κ1) is 93.5. The number of benzene rings is 5. The third-order valence-electron chi connectivity index (χ3n) is 19.3. The van der Waals surface area contributed by atoms with Gasteiger partial charge in [0, 0.05) is 93.6 Å². The predicted octanol–water partition coefficient (Wildman–Crippen LogP) is 3.15. The fourth-order valence-electron chi connectivity index (χ4n) is 13.2. The van der Waals surface area contributed by atoms with Crippen LogP contribution in [0.4, 0.5) is 21.0 Å². The van der Waals surface area contributed by atoms with Crippen molar-refractivity contribution in [3.05, 3.63) is 173 Å². The Labute approximate surface area is 691 Å². The van der Waals surface area contributed by atoms with Crippen molar-refractivity contribution in [3.8, 4) is 0 Å². The molecule has 118 heavy (non-hydrogen) atoms. The van der Waals surface area contributed by atoms with Gasteiger partial charge in [0.1, 0.15) is 60.4 Å². The van der Waals surface area contributed by atoms with Crippen LogP contribution >= 0.6 is 11.6 Å². The molecule has 33 nitrogen and oxygen atoms in total. The highest BCUT2D eigenvalue weighted by atomic mass is 35.5. The molecule has 7 rings (SSSR count). The number of halogens is 1. The van der Waals surface area contributed by atoms with Crippen LogP contribution in [0.3, 0.4) is 0 Å². The van der Waals surface area contributed by atoms with Gasteiger partial charge in [-0.25, -0.2) is 9.59 Å². The number of hydrogen-bond donors (Lipinski definition) is 16. The van der Waals surface area contributed by atoms with Crippen LogP contribution in [0.5, 0.6) is 0 Å². The summed E-state index contributed by atoms with van der Waals surface area (Å²) in [6, 6.07) is 19.8. The second-order valence-corrected chi connectivity index (χ2v) is 30.1. The lowest BCUT2D eigenvalue weighted by Crippen LogP contribution is -2.62. The number of anilines is 2. The highest BCUT2D eigenvalue weighted by Crippen LogP contribution is 2.23. The number of urea groups is 2. The lowest BCUT2D eigenvalue weighted by Gasteiger charge is -2.31. The van der Waals surface area contributed by atoms with Gasteiger partial charge in [-0.1, -0.05) is 124 Å². The van der Waals surface area contributed by atoms with E-state index in [9.17, 15) is 48.3 Å². The molecule has 0 unspecified atom stereocenters. The van der Waals surface area contributed by atoms with Crippen molar-refractivity contribution >= 4 is 111 Å². The van der Waals surface area contributed by atoms with Crippen LogP contribution in [-0.4, -0.2) is 211 Å². The van der Waals surface area contributed by atoms with Gasteiger partial charge in [0.05, 0.1) is 26.4 Å². The van der Waals surface area contributed by atoms with Crippen LogP contribution in [0.1, 0.15) is 115 Å². The fourth-order valence-corrected chi connectivity index (χ4v) is 13.3. The lowest BCUT2D eigenvalue weighted by atomic mass is 9.99. The van der Waals surface area contributed by atoms with Crippen molar-refractivity contribution in [2.75, 3.05) is 63.3 Å². The summed E-state index contributed by atoms with van der Waals surface area (Å²) in [5, 5.41) is 49.1. The number of fused-ring (bicyclic) bond motifs is 1. The van der Waals surface area contributed by atoms with Crippen LogP contribution in [0, 0.1) is 5.92 Å². The topological polar surface area (TPSA) is 485 Å². The number of pyridine rings is 1. The number of carbonyl (C=O) groups excluding carboxylic acids is 13. The monoisotopic (exact) mass is 1650 g/mol. The Bertz CT molecular complexity index is 4350. The number of carbonyl (C=O) groups is 13. The Hall–Kier alpha value is -11.6. The molecule has 5 aromatic carbocycles. The SMILES string of the molecule is CCOCCOCCNC(=O)Nc1ccc(C[C@H](NC(=O)[C@H](CO)NC(=O)[C@@H](Cc2cccnc2)NC(=O)[C@@H](Cc2ccc(Cl)cc2)NC(=O)[C@@H](Cc2ccc3ccccc3c2)NC(C)=O)C(=O)N[C@H](Cc2ccc(NC(N)=O)cc2)C(=O)N[C@@H](CC(C)C)C(=O)N[C@@H](CCCCNC(C)C)C(=O)N2CCC[C@H]2C(=O)N[C@H](C)C(N)=O)cc1. The number of amides is 15. The summed E-state index contributed by atoms with van der Waals surface area (Å²) in [5.41, 5.74) is 13.9. The van der Waals surface area contributed by atoms with Gasteiger partial charge >= 0.3 is 12.1 Å². The molecule has 0 saturated carbocycles. The number of nitrogens with one attached hydrogen (secondary N) is 13. The quantitative estimate of drug-likeness (QED) is 0.0244. The normalized spacial score (nSPS) is 14.8. The number of likely N-dealkylation sites (tertiary alicyclic amines) is 1. The first-order chi connectivity index (χ1) is 56.4. The molecular weight excluding hydrogens is 1540 g/mol. The average Bonchev–Trinajstić information content (AvgIpc) is 1.45. The minimum absolute atomic E-state index is 0.00542. The number of aromatic nitrogens is 1. The van der Waals surface area contributed by atoms with Crippen molar-refractivity contribution in [2.24, 2.45) is 17.4 Å². The number of aliphatic hydroxyl groups is 1. The van der Waals surface area contributed by atoms with Gasteiger partial charge in [-0.2, -0.15) is 0 Å². The van der Waals surface area contributed by atoms with Crippen molar-refractivity contribution in [1.82, 2.24) is 68.4 Å². The summed E-state index contributed by atoms with van der Waals surface area (Å²) in [7, 11) is 0. The maximum absolute atomic E-state index is 15.5. The van der Waals surface area contributed by atoms with Gasteiger partial charge in [0.2, 0.25) is 65.0 Å². The number of ether oxygens (including phenoxy) is 2. The Morgan fingerprint density at radius 1 is 0.525 bits per heavy atom. The molecule has 6 aromatic rings. The minimum Gasteiger partial charge on any atom is -0.394 e. The zero-order chi connectivity index (χ0) is 85.8. The van der Waals surface area contributed by atoms with E-state index in [-0.39, 0.29) is 88.7 Å². The summed E-state index contributed by atoms with van der Waals surface area (Å²) in [6.45, 7) is 13.3. The predicted molar refractivity (Wildman–Crippen MR) is 445 cm³/mol. The molecule has 0 bridgehead atoms. The van der Waals surface area contributed by atoms with Crippen molar-refractivity contribution < 1.29 is 76.9 Å². The number of nitrogens with two attached hydrogens (primary N) is 2. The lowest BCUT2D eigenvalue weighted by molar-refractivity contribution is -0.142. The molecule has 0 spiro atoms. The third-order valence-corrected chi connectivity index (χ3v) is 19.5. The number of rotatable bonds is 47. The number of aliphatic hydroxyl groups excluding tert-OH is 1. The molecule has 15 amide bonds. The molecule has 2 heterocycles. The van der Waals surface area contributed by atoms with E-state index in [2.05, 4.69) is 74.1 Å². The molecule has 0 aliphatic carbocycles. The first-order valence-electron chi connectivity index (χ1n) is 39.7. The molecule has 1 aromatic heterocycles. The average molecular weight is 1650 g/mol. The standard InChI is InChI=1S/C84H112ClN17O16/c1-8-117-39-40-118-38-36-90-84(116)94-63-32-25-56(26-33-63)45-69(78(110)98-68(44-55-23-30-62(31-24-55)93-83(87)115)76(108)96-65(41-50(2)3)74(106)95-64(18-11-12-35-89-51(4)5)82(114)102-37-14-19-72(102)81(113)91-52(6)73(86)105)100-80(112)71(49-103)101-79(111)70(47-58-15-13-34-88-48-58)99-77(109)67(43-54-21-28-61(85)29-22-54)97-75(107)66(92-53(7)104)46-57-20-27-59-16-9-10-17-60(59)42-57/h9-10,13,15-17,20-34,42,48,50-52,64-72,89,103H,8,11-12,14,18-19,35-41,43-47,49H2,1-7H3,(H2,86,105)(H,91,113)(H,92,104)(H,95,106)(H,96,108)(H,97,107)(H,98,110)(H,99,109)(H,100,112)(H,101,111)(H3,87,93,115)(H2,90,94,116)/t52-,64+,65+,66-,67-,68-,69+,70-,71+,72+/m1/s1. The number of unbranched alkanes of at least 4 members (excludes halogenated alkanes) is 1. The maximum Gasteiger partial charge on any atom is 0.319 e. The van der Waals surface area contributed by atoms with Crippen LogP contribution in [0.15, 0.2) is 140 Å². The van der Waals surface area contributed by atoms with E-state index in [4.69, 9.17) is 32.5 Å². The van der Waals surface area contributed by atoms with E-state index in [1.54, 1.807) is 74.5 Å². The zero-order valence-corrected chi connectivity index (χ0v) is 68.4. The van der Waals surface area contributed by atoms with Gasteiger partial charge in [-0.15, -0.1) is 0 Å². The summed E-state index contributed by atoms with van der Waals surface area (Å²) in [4.78, 5) is 189. The molecule has 1 aliphatic heterocycles. The van der Waals surface area contributed by atoms with Gasteiger partial charge in [-0.05, 0) is 146 Å². The van der Waals surface area contributed by atoms with Crippen LogP contribution in [0.25, 0.3) is 10.8 Å². The van der Waals surface area contributed by atoms with Gasteiger partial charge < -0.3 is 100 Å². The number of primary amides is 2. The molecule has 636 valence electrons. The van der Waals surface area contributed by atoms with Crippen molar-refractivity contribution in [2.45, 2.75) is 186 Å². The number of hydrogen-bond acceptors (Lipinski definition) is 18. The zero-order valence-electron chi connectivity index (χ0n) is 67.6. The fraction of sp³-hybridized carbons (Fsp3) is 0.452. The molecule has 34 heteroatoms. The summed E-state index contributed by atoms with van der Waals surface area (Å²) in [5.74, 6) is -9.28. The van der Waals surface area contributed by atoms with E-state index in [0.29, 0.717) is 84.2 Å². The van der Waals surface area contributed by atoms with Crippen LogP contribution in [0.2, 0.25) is 5.02 Å².